The smallest absolute Gasteiger partial charge is 0.274 e. The van der Waals surface area contributed by atoms with Crippen LogP contribution in [0.5, 0.6) is 5.75 Å². The molecule has 3 aromatic rings. The van der Waals surface area contributed by atoms with Crippen molar-refractivity contribution in [2.75, 3.05) is 7.11 Å². The van der Waals surface area contributed by atoms with Gasteiger partial charge in [-0.25, -0.2) is 4.68 Å². The molecule has 6 nitrogen and oxygen atoms in total. The Morgan fingerprint density at radius 3 is 2.48 bits per heavy atom. The van der Waals surface area contributed by atoms with Crippen LogP contribution in [0.2, 0.25) is 0 Å². The van der Waals surface area contributed by atoms with Gasteiger partial charge in [0.15, 0.2) is 0 Å². The van der Waals surface area contributed by atoms with Gasteiger partial charge in [-0.2, -0.15) is 5.10 Å². The zero-order valence-electron chi connectivity index (χ0n) is 12.4. The third kappa shape index (κ3) is 2.66. The molecule has 1 heterocycles. The van der Waals surface area contributed by atoms with Crippen molar-refractivity contribution >= 4 is 16.7 Å². The Bertz CT molecular complexity index is 947. The normalized spacial score (nSPS) is 10.7. The number of hydrogen-bond donors (Lipinski definition) is 0. The Hall–Kier alpha value is -3.15. The fourth-order valence-electron chi connectivity index (χ4n) is 2.49. The summed E-state index contributed by atoms with van der Waals surface area (Å²) in [5, 5.41) is 15.9. The van der Waals surface area contributed by atoms with Crippen molar-refractivity contribution in [1.82, 2.24) is 9.78 Å². The summed E-state index contributed by atoms with van der Waals surface area (Å²) < 4.78 is 6.37. The predicted octanol–water partition coefficient (Wildman–Crippen LogP) is 0.817. The number of carboxylic acids is 1. The minimum absolute atomic E-state index is 0.105. The van der Waals surface area contributed by atoms with Crippen molar-refractivity contribution in [1.29, 1.82) is 0 Å². The van der Waals surface area contributed by atoms with Crippen LogP contribution in [0, 0.1) is 0 Å². The van der Waals surface area contributed by atoms with Crippen LogP contribution in [0.4, 0.5) is 0 Å². The number of rotatable bonds is 4. The van der Waals surface area contributed by atoms with Crippen LogP contribution in [0.25, 0.3) is 10.8 Å². The zero-order chi connectivity index (χ0) is 16.4. The monoisotopic (exact) mass is 309 g/mol. The van der Waals surface area contributed by atoms with Gasteiger partial charge in [-0.3, -0.25) is 4.79 Å². The van der Waals surface area contributed by atoms with Crippen molar-refractivity contribution in [3.8, 4) is 5.75 Å². The molecule has 0 unspecified atom stereocenters. The first-order chi connectivity index (χ1) is 11.1. The summed E-state index contributed by atoms with van der Waals surface area (Å²) in [6, 6.07) is 13.6. The summed E-state index contributed by atoms with van der Waals surface area (Å²) in [5.41, 5.74) is 0.107. The Morgan fingerprint density at radius 1 is 1.13 bits per heavy atom. The van der Waals surface area contributed by atoms with Gasteiger partial charge < -0.3 is 14.6 Å². The number of ether oxygens (including phenoxy) is 1. The van der Waals surface area contributed by atoms with E-state index in [4.69, 9.17) is 4.74 Å². The van der Waals surface area contributed by atoms with E-state index in [0.717, 1.165) is 10.2 Å². The molecule has 23 heavy (non-hydrogen) atoms. The van der Waals surface area contributed by atoms with Gasteiger partial charge in [0.2, 0.25) is 0 Å². The maximum absolute atomic E-state index is 12.6. The van der Waals surface area contributed by atoms with Gasteiger partial charge >= 0.3 is 0 Å². The van der Waals surface area contributed by atoms with Gasteiger partial charge in [0.1, 0.15) is 11.4 Å². The fourth-order valence-corrected chi connectivity index (χ4v) is 2.49. The second-order valence-electron chi connectivity index (χ2n) is 4.96. The summed E-state index contributed by atoms with van der Waals surface area (Å²) in [4.78, 5) is 23.9. The number of carboxylic acid groups (broad SMARTS) is 1. The molecule has 1 aromatic heterocycles. The van der Waals surface area contributed by atoms with Crippen LogP contribution in [0.3, 0.4) is 0 Å². The van der Waals surface area contributed by atoms with Crippen molar-refractivity contribution in [3.63, 3.8) is 0 Å². The number of methoxy groups -OCH3 is 1. The third-order valence-electron chi connectivity index (χ3n) is 3.57. The second kappa shape index (κ2) is 5.92. The van der Waals surface area contributed by atoms with Crippen LogP contribution in [-0.2, 0) is 6.54 Å². The highest BCUT2D eigenvalue weighted by molar-refractivity contribution is 6.00. The molecular weight excluding hydrogens is 296 g/mol. The Labute approximate surface area is 131 Å². The summed E-state index contributed by atoms with van der Waals surface area (Å²) in [6.45, 7) is 0.105. The molecule has 0 spiro atoms. The second-order valence-corrected chi connectivity index (χ2v) is 4.96. The summed E-state index contributed by atoms with van der Waals surface area (Å²) in [5.74, 6) is -0.820. The van der Waals surface area contributed by atoms with Crippen molar-refractivity contribution in [3.05, 3.63) is 70.1 Å². The van der Waals surface area contributed by atoms with Gasteiger partial charge in [0.05, 0.1) is 25.0 Å². The quantitative estimate of drug-likeness (QED) is 0.712. The fraction of sp³-hybridized carbons (Fsp3) is 0.118. The molecule has 0 aliphatic carbocycles. The van der Waals surface area contributed by atoms with Gasteiger partial charge in [-0.1, -0.05) is 36.4 Å². The SMILES string of the molecule is COc1ccccc1Cn1nc(C(=O)[O-])c2ccccc2c1=O. The highest BCUT2D eigenvalue weighted by Gasteiger charge is 2.12. The highest BCUT2D eigenvalue weighted by atomic mass is 16.5. The topological polar surface area (TPSA) is 84.2 Å². The van der Waals surface area contributed by atoms with E-state index in [1.807, 2.05) is 12.1 Å². The molecule has 0 aliphatic rings. The average molecular weight is 309 g/mol. The van der Waals surface area contributed by atoms with Crippen molar-refractivity contribution in [2.45, 2.75) is 6.54 Å². The number of para-hydroxylation sites is 1. The largest absolute Gasteiger partial charge is 0.543 e. The number of benzene rings is 2. The minimum atomic E-state index is -1.42. The van der Waals surface area contributed by atoms with E-state index in [0.29, 0.717) is 5.75 Å². The van der Waals surface area contributed by atoms with Gasteiger partial charge in [0.25, 0.3) is 5.56 Å². The zero-order valence-corrected chi connectivity index (χ0v) is 12.4. The third-order valence-corrected chi connectivity index (χ3v) is 3.57. The average Bonchev–Trinajstić information content (AvgIpc) is 2.57. The van der Waals surface area contributed by atoms with E-state index in [-0.39, 0.29) is 28.6 Å². The maximum atomic E-state index is 12.6. The van der Waals surface area contributed by atoms with Crippen LogP contribution < -0.4 is 15.4 Å². The van der Waals surface area contributed by atoms with Gasteiger partial charge in [0, 0.05) is 10.9 Å². The van der Waals surface area contributed by atoms with E-state index in [2.05, 4.69) is 5.10 Å². The summed E-state index contributed by atoms with van der Waals surface area (Å²) >= 11 is 0. The first-order valence-electron chi connectivity index (χ1n) is 6.95. The molecule has 0 amide bonds. The molecule has 0 saturated carbocycles. The molecule has 0 saturated heterocycles. The lowest BCUT2D eigenvalue weighted by Crippen LogP contribution is -2.31. The minimum Gasteiger partial charge on any atom is -0.543 e. The molecule has 0 atom stereocenters. The van der Waals surface area contributed by atoms with E-state index >= 15 is 0 Å². The van der Waals surface area contributed by atoms with E-state index in [1.54, 1.807) is 36.4 Å². The number of hydrogen-bond acceptors (Lipinski definition) is 5. The molecular formula is C17H13N2O4-. The Morgan fingerprint density at radius 2 is 1.78 bits per heavy atom. The molecule has 0 N–H and O–H groups in total. The van der Waals surface area contributed by atoms with Crippen LogP contribution in [0.15, 0.2) is 53.3 Å². The van der Waals surface area contributed by atoms with Crippen molar-refractivity contribution in [2.24, 2.45) is 0 Å². The molecule has 116 valence electrons. The highest BCUT2D eigenvalue weighted by Crippen LogP contribution is 2.18. The molecule has 3 rings (SSSR count). The first-order valence-corrected chi connectivity index (χ1v) is 6.95. The van der Waals surface area contributed by atoms with E-state index in [9.17, 15) is 14.7 Å². The van der Waals surface area contributed by atoms with Crippen LogP contribution in [0.1, 0.15) is 16.1 Å². The van der Waals surface area contributed by atoms with Gasteiger partial charge in [-0.05, 0) is 12.1 Å². The first kappa shape index (κ1) is 14.8. The molecule has 0 radical (unpaired) electrons. The van der Waals surface area contributed by atoms with Gasteiger partial charge in [-0.15, -0.1) is 0 Å². The molecule has 0 aliphatic heterocycles. The number of nitrogens with zero attached hydrogens (tertiary/aromatic N) is 2. The Balaban J connectivity index is 2.20. The Kier molecular flexibility index (Phi) is 3.80. The lowest BCUT2D eigenvalue weighted by molar-refractivity contribution is -0.255. The standard InChI is InChI=1S/C17H14N2O4/c1-23-14-9-5-2-6-11(14)10-19-16(20)13-8-4-3-7-12(13)15(18-19)17(21)22/h2-9H,10H2,1H3,(H,21,22)/p-1. The number of fused-ring (bicyclic) bond motifs is 1. The van der Waals surface area contributed by atoms with E-state index < -0.39 is 5.97 Å². The summed E-state index contributed by atoms with van der Waals surface area (Å²) in [6.07, 6.45) is 0. The molecule has 0 bridgehead atoms. The maximum Gasteiger partial charge on any atom is 0.274 e. The lowest BCUT2D eigenvalue weighted by atomic mass is 10.1. The predicted molar refractivity (Wildman–Crippen MR) is 82.4 cm³/mol. The number of carbonyl (C=O) groups excluding carboxylic acids is 1. The summed E-state index contributed by atoms with van der Waals surface area (Å²) in [7, 11) is 1.53. The lowest BCUT2D eigenvalue weighted by Gasteiger charge is -2.13. The molecule has 0 fully saturated rings. The number of aromatic carboxylic acids is 1. The van der Waals surface area contributed by atoms with E-state index in [1.165, 1.54) is 7.11 Å². The molecule has 2 aromatic carbocycles. The molecule has 6 heteroatoms. The van der Waals surface area contributed by atoms with Crippen LogP contribution in [-0.4, -0.2) is 22.9 Å². The number of aromatic nitrogens is 2. The number of carbonyl (C=O) groups is 1. The van der Waals surface area contributed by atoms with Crippen LogP contribution >= 0.6 is 0 Å². The van der Waals surface area contributed by atoms with Crippen molar-refractivity contribution < 1.29 is 14.6 Å².